The molecule has 5 rings (SSSR count). The average molecular weight is 1450 g/mol. The molecule has 5 aliphatic rings. The molecule has 5 saturated heterocycles. The third-order valence-electron chi connectivity index (χ3n) is 12.4. The van der Waals surface area contributed by atoms with Crippen LogP contribution in [0.3, 0.4) is 0 Å². The summed E-state index contributed by atoms with van der Waals surface area (Å²) < 4.78 is 349. The van der Waals surface area contributed by atoms with Crippen LogP contribution in [0, 0.1) is 0 Å². The van der Waals surface area contributed by atoms with E-state index in [0.717, 1.165) is 21.0 Å². The van der Waals surface area contributed by atoms with Crippen LogP contribution in [0.2, 0.25) is 0 Å². The maximum Gasteiger partial charge on any atom is 0.397 e. The molecule has 514 valence electrons. The van der Waals surface area contributed by atoms with E-state index >= 15 is 0 Å². The van der Waals surface area contributed by atoms with Crippen molar-refractivity contribution in [2.24, 2.45) is 0 Å². The summed E-state index contributed by atoms with van der Waals surface area (Å²) in [5.41, 5.74) is 0. The van der Waals surface area contributed by atoms with Gasteiger partial charge in [0.25, 0.3) is 0 Å². The summed E-state index contributed by atoms with van der Waals surface area (Å²) in [5.74, 6) is 0. The molecule has 0 radical (unpaired) electrons. The Kier molecular flexibility index (Phi) is 25.3. The number of ether oxygens (including phenoxy) is 10. The van der Waals surface area contributed by atoms with Crippen LogP contribution in [0.1, 0.15) is 13.8 Å². The fourth-order valence-electron chi connectivity index (χ4n) is 8.99. The first-order valence-corrected chi connectivity index (χ1v) is 34.4. The van der Waals surface area contributed by atoms with Gasteiger partial charge in [-0.2, -0.15) is 81.5 Å². The molecule has 5 fully saturated rings. The van der Waals surface area contributed by atoms with Gasteiger partial charge in [0.1, 0.15) is 104 Å². The Labute approximate surface area is 491 Å². The van der Waals surface area contributed by atoms with Gasteiger partial charge in [0.2, 0.25) is 0 Å². The first-order chi connectivity index (χ1) is 39.3. The first-order valence-electron chi connectivity index (χ1n) is 23.3. The van der Waals surface area contributed by atoms with Crippen LogP contribution in [0.15, 0.2) is 0 Å². The van der Waals surface area contributed by atoms with Crippen molar-refractivity contribution < 1.29 is 203 Å². The third kappa shape index (κ3) is 22.5. The minimum absolute atomic E-state index is 0.813. The van der Waals surface area contributed by atoms with Crippen LogP contribution < -0.4 is 14.2 Å². The Morgan fingerprint density at radius 1 is 0.333 bits per heavy atom. The molecule has 48 nitrogen and oxygen atoms in total. The highest BCUT2D eigenvalue weighted by atomic mass is 32.3. The molecule has 5 aliphatic heterocycles. The van der Waals surface area contributed by atoms with Gasteiger partial charge < -0.3 is 78.0 Å². The standard InChI is InChI=1S/C31H57N3O45S8/c1-7-21(74-28-12(32-80(41,42)43)16(36)15(35)9(71-28)4-66-83(50,51)52)18(38)19(39)30(69-7)77-24-11(6-68-85(56,57)58)73-29(14(34-82(47,48)49)25(24)78-86(59,60)61)75-22-8(2)70-31(26(20(22)40)79-87(62,63)64)76-23-10(5-67-84(53,54)55)72-27(65-3)13(17(23)37)33-81(44,45)46/h7-40H,4-6H2,1-3H3,(H,41,42,43)(H,44,45,46)(H,47,48,49)(H,50,51,52)(H,53,54,55)(H,56,57,58)(H,59,60,61)(H,62,63,64)/t7?,8?,9?,10?,11?,12?,13?,14?,15-,16-,17-,18-,19?,20-,21-,22-,23-,24-,25-,26?,27-,28+,29+,30+,31+/m1/s1. The van der Waals surface area contributed by atoms with Crippen molar-refractivity contribution >= 4 is 82.9 Å². The Morgan fingerprint density at radius 3 is 1.14 bits per heavy atom. The van der Waals surface area contributed by atoms with Crippen molar-refractivity contribution in [2.75, 3.05) is 26.9 Å². The van der Waals surface area contributed by atoms with E-state index in [4.69, 9.17) is 51.9 Å². The van der Waals surface area contributed by atoms with Crippen molar-refractivity contribution in [3.05, 3.63) is 0 Å². The lowest BCUT2D eigenvalue weighted by Gasteiger charge is -2.50. The zero-order chi connectivity index (χ0) is 66.3. The fourth-order valence-corrected chi connectivity index (χ4v) is 12.7. The minimum atomic E-state index is -6.14. The van der Waals surface area contributed by atoms with E-state index < -0.39 is 256 Å². The van der Waals surface area contributed by atoms with Gasteiger partial charge in [-0.3, -0.25) is 36.4 Å². The van der Waals surface area contributed by atoms with E-state index in [0.29, 0.717) is 0 Å². The third-order valence-corrected chi connectivity index (χ3v) is 16.4. The molecule has 0 amide bonds. The molecule has 0 saturated carbocycles. The van der Waals surface area contributed by atoms with Crippen LogP contribution >= 0.6 is 0 Å². The van der Waals surface area contributed by atoms with Gasteiger partial charge in [-0.1, -0.05) is 0 Å². The highest BCUT2D eigenvalue weighted by Crippen LogP contribution is 2.38. The van der Waals surface area contributed by atoms with E-state index in [1.807, 2.05) is 0 Å². The summed E-state index contributed by atoms with van der Waals surface area (Å²) in [6.45, 7) is -2.80. The normalized spacial score (nSPS) is 40.0. The number of nitrogens with one attached hydrogen (secondary N) is 3. The van der Waals surface area contributed by atoms with Crippen molar-refractivity contribution in [2.45, 2.75) is 167 Å². The molecular formula is C31H57N3O45S8. The summed E-state index contributed by atoms with van der Waals surface area (Å²) in [4.78, 5) is 0. The molecule has 0 spiro atoms. The van der Waals surface area contributed by atoms with Crippen LogP contribution in [0.5, 0.6) is 0 Å². The SMILES string of the molecule is CO[C@@H]1OC(COS(=O)(=O)O)[C@@H](O[C@@H]2OC(C)[C@@H](O[C@@H]3OC(COS(=O)(=O)O)[C@@H](O[C@@H]4OC(C)[C@@H](O[C@@H]5OC(COS(=O)(=O)O)[C@@H](O)[C@H](O)C5NS(=O)(=O)O)[C@H](O)C4O)[C@H](OS(=O)(=O)O)C3NS(=O)(=O)O)[C@@H](O)C2OS(=O)(=O)O)[C@H](O)C1NS(=O)(=O)O. The Bertz CT molecular complexity index is 3270. The van der Waals surface area contributed by atoms with Gasteiger partial charge in [-0.15, -0.1) is 0 Å². The minimum Gasteiger partial charge on any atom is -0.388 e. The van der Waals surface area contributed by atoms with Crippen LogP contribution in [0.25, 0.3) is 0 Å². The number of hydrogen-bond acceptors (Lipinski definition) is 37. The average Bonchev–Trinajstić information content (AvgIpc) is 0.928. The zero-order valence-electron chi connectivity index (χ0n) is 43.2. The quantitative estimate of drug-likeness (QED) is 0.0324. The Balaban J connectivity index is 1.53. The molecule has 17 N–H and O–H groups in total. The second kappa shape index (κ2) is 28.9. The van der Waals surface area contributed by atoms with Gasteiger partial charge in [-0.05, 0) is 13.8 Å². The largest absolute Gasteiger partial charge is 0.397 e. The summed E-state index contributed by atoms with van der Waals surface area (Å²) in [5, 5.41) is 67.2. The molecule has 5 heterocycles. The van der Waals surface area contributed by atoms with Crippen LogP contribution in [0.4, 0.5) is 0 Å². The molecule has 56 heteroatoms. The summed E-state index contributed by atoms with van der Waals surface area (Å²) >= 11 is 0. The predicted octanol–water partition coefficient (Wildman–Crippen LogP) is -11.9. The molecule has 87 heavy (non-hydrogen) atoms. The molecule has 0 aromatic carbocycles. The van der Waals surface area contributed by atoms with Crippen molar-refractivity contribution in [1.29, 1.82) is 0 Å². The summed E-state index contributed by atoms with van der Waals surface area (Å²) in [6, 6.07) is -7.46. The van der Waals surface area contributed by atoms with Crippen molar-refractivity contribution in [3.8, 4) is 0 Å². The van der Waals surface area contributed by atoms with E-state index in [-0.39, 0.29) is 0 Å². The lowest BCUT2D eigenvalue weighted by atomic mass is 9.94. The van der Waals surface area contributed by atoms with Crippen LogP contribution in [-0.4, -0.2) is 315 Å². The number of rotatable bonds is 28. The van der Waals surface area contributed by atoms with E-state index in [1.165, 1.54) is 14.2 Å². The maximum absolute atomic E-state index is 12.6. The molecule has 0 bridgehead atoms. The van der Waals surface area contributed by atoms with Crippen molar-refractivity contribution in [3.63, 3.8) is 0 Å². The number of aliphatic hydroxyl groups is 6. The molecule has 0 aromatic rings. The van der Waals surface area contributed by atoms with Gasteiger partial charge >= 0.3 is 82.9 Å². The van der Waals surface area contributed by atoms with Gasteiger partial charge in [0, 0.05) is 7.11 Å². The fraction of sp³-hybridized carbons (Fsp3) is 1.00. The monoisotopic (exact) mass is 1450 g/mol. The van der Waals surface area contributed by atoms with Crippen molar-refractivity contribution in [1.82, 2.24) is 14.2 Å². The second-order valence-electron chi connectivity index (χ2n) is 18.6. The lowest BCUT2D eigenvalue weighted by Crippen LogP contribution is -2.70. The highest BCUT2D eigenvalue weighted by molar-refractivity contribution is 7.84. The number of aliphatic hydroxyl groups excluding tert-OH is 6. The maximum atomic E-state index is 12.6. The topological polar surface area (TPSA) is 731 Å². The second-order valence-corrected chi connectivity index (χ2v) is 27.5. The van der Waals surface area contributed by atoms with E-state index in [9.17, 15) is 130 Å². The number of methoxy groups -OCH3 is 1. The Hall–Kier alpha value is -1.68. The zero-order valence-corrected chi connectivity index (χ0v) is 49.8. The number of hydrogen-bond donors (Lipinski definition) is 17. The Morgan fingerprint density at radius 2 is 0.690 bits per heavy atom. The molecule has 0 aliphatic carbocycles. The van der Waals surface area contributed by atoms with E-state index in [1.54, 1.807) is 0 Å². The molecule has 0 aromatic heterocycles. The van der Waals surface area contributed by atoms with Crippen LogP contribution in [-0.2, 0) is 151 Å². The van der Waals surface area contributed by atoms with E-state index in [2.05, 4.69) is 20.9 Å². The first kappa shape index (κ1) is 76.0. The predicted molar refractivity (Wildman–Crippen MR) is 258 cm³/mol. The smallest absolute Gasteiger partial charge is 0.388 e. The molecule has 10 unspecified atom stereocenters. The van der Waals surface area contributed by atoms with Gasteiger partial charge in [0.15, 0.2) is 37.6 Å². The molecular weight excluding hydrogens is 1390 g/mol. The van der Waals surface area contributed by atoms with Gasteiger partial charge in [-0.25, -0.2) is 20.9 Å². The lowest BCUT2D eigenvalue weighted by molar-refractivity contribution is -0.374. The molecule has 25 atom stereocenters. The van der Waals surface area contributed by atoms with Gasteiger partial charge in [0.05, 0.1) is 32.0 Å². The highest BCUT2D eigenvalue weighted by Gasteiger charge is 2.59. The summed E-state index contributed by atoms with van der Waals surface area (Å²) in [7, 11) is -44.5. The summed E-state index contributed by atoms with van der Waals surface area (Å²) in [6.07, 6.45) is -54.6.